The maximum absolute atomic E-state index is 13.0. The van der Waals surface area contributed by atoms with Crippen LogP contribution in [0.15, 0.2) is 77.3 Å². The maximum atomic E-state index is 13.0. The summed E-state index contributed by atoms with van der Waals surface area (Å²) in [4.78, 5) is 41.9. The van der Waals surface area contributed by atoms with Crippen molar-refractivity contribution in [2.45, 2.75) is 0 Å². The Balaban J connectivity index is 1.40. The van der Waals surface area contributed by atoms with Gasteiger partial charge in [-0.2, -0.15) is 0 Å². The fraction of sp³-hybridized carbons (Fsp3) is 0.0769. The molecule has 0 atom stereocenters. The lowest BCUT2D eigenvalue weighted by atomic mass is 10.0. The van der Waals surface area contributed by atoms with Crippen molar-refractivity contribution < 1.29 is 23.9 Å². The van der Waals surface area contributed by atoms with Crippen molar-refractivity contribution in [3.8, 4) is 17.0 Å². The largest absolute Gasteiger partial charge is 0.482 e. The molecule has 1 aliphatic heterocycles. The van der Waals surface area contributed by atoms with Gasteiger partial charge in [0.05, 0.1) is 22.5 Å². The highest BCUT2D eigenvalue weighted by Gasteiger charge is 2.20. The molecule has 168 valence electrons. The number of para-hydroxylation sites is 1. The standard InChI is InChI=1S/C26H17BrN2O5/c27-17-5-3-4-15(10-17)21-12-19(18-6-1-2-7-20(18)28-21)26(32)34-13-23(30)16-8-9-24-22(11-16)29-25(31)14-33-24/h1-12H,13-14H2,(H,29,31). The third kappa shape index (κ3) is 4.40. The van der Waals surface area contributed by atoms with Crippen LogP contribution in [-0.2, 0) is 9.53 Å². The van der Waals surface area contributed by atoms with E-state index >= 15 is 0 Å². The number of ketones is 1. The summed E-state index contributed by atoms with van der Waals surface area (Å²) in [5.74, 6) is -0.842. The van der Waals surface area contributed by atoms with Gasteiger partial charge in [0.25, 0.3) is 5.91 Å². The van der Waals surface area contributed by atoms with Gasteiger partial charge in [0.1, 0.15) is 5.75 Å². The van der Waals surface area contributed by atoms with Gasteiger partial charge in [0, 0.05) is 21.0 Å². The van der Waals surface area contributed by atoms with Gasteiger partial charge in [-0.05, 0) is 42.5 Å². The van der Waals surface area contributed by atoms with Crippen molar-refractivity contribution in [2.24, 2.45) is 0 Å². The van der Waals surface area contributed by atoms with Crippen LogP contribution in [0, 0.1) is 0 Å². The Morgan fingerprint density at radius 1 is 1.03 bits per heavy atom. The van der Waals surface area contributed by atoms with Crippen molar-refractivity contribution >= 4 is 50.2 Å². The first-order chi connectivity index (χ1) is 16.5. The zero-order valence-electron chi connectivity index (χ0n) is 17.7. The topological polar surface area (TPSA) is 94.6 Å². The molecule has 4 aromatic rings. The van der Waals surface area contributed by atoms with E-state index in [0.29, 0.717) is 39.2 Å². The highest BCUT2D eigenvalue weighted by Crippen LogP contribution is 2.29. The first-order valence-corrected chi connectivity index (χ1v) is 11.2. The van der Waals surface area contributed by atoms with Crippen LogP contribution in [0.5, 0.6) is 5.75 Å². The minimum atomic E-state index is -0.627. The number of carbonyl (C=O) groups excluding carboxylic acids is 3. The third-order valence-electron chi connectivity index (χ3n) is 5.33. The van der Waals surface area contributed by atoms with E-state index in [1.165, 1.54) is 6.07 Å². The molecule has 1 amide bonds. The van der Waals surface area contributed by atoms with Crippen LogP contribution in [-0.4, -0.2) is 35.9 Å². The molecule has 5 rings (SSSR count). The number of carbonyl (C=O) groups is 3. The monoisotopic (exact) mass is 516 g/mol. The average molecular weight is 517 g/mol. The van der Waals surface area contributed by atoms with Gasteiger partial charge in [-0.15, -0.1) is 0 Å². The molecular weight excluding hydrogens is 500 g/mol. The summed E-state index contributed by atoms with van der Waals surface area (Å²) in [6.45, 7) is -0.519. The average Bonchev–Trinajstić information content (AvgIpc) is 2.86. The van der Waals surface area contributed by atoms with E-state index in [1.807, 2.05) is 42.5 Å². The molecule has 0 fully saturated rings. The Morgan fingerprint density at radius 2 is 1.88 bits per heavy atom. The van der Waals surface area contributed by atoms with E-state index in [-0.39, 0.29) is 12.5 Å². The Hall–Kier alpha value is -4.04. The zero-order chi connectivity index (χ0) is 23.7. The Bertz CT molecular complexity index is 1470. The predicted octanol–water partition coefficient (Wildman–Crippen LogP) is 5.03. The number of Topliss-reactive ketones (excluding diaryl/α,β-unsaturated/α-hetero) is 1. The van der Waals surface area contributed by atoms with Gasteiger partial charge in [0.2, 0.25) is 0 Å². The maximum Gasteiger partial charge on any atom is 0.339 e. The number of amides is 1. The summed E-state index contributed by atoms with van der Waals surface area (Å²) in [7, 11) is 0. The fourth-order valence-corrected chi connectivity index (χ4v) is 4.09. The summed E-state index contributed by atoms with van der Waals surface area (Å²) >= 11 is 3.46. The van der Waals surface area contributed by atoms with Crippen LogP contribution in [0.25, 0.3) is 22.2 Å². The van der Waals surface area contributed by atoms with E-state index < -0.39 is 18.4 Å². The van der Waals surface area contributed by atoms with E-state index in [2.05, 4.69) is 26.2 Å². The van der Waals surface area contributed by atoms with Gasteiger partial charge >= 0.3 is 5.97 Å². The first-order valence-electron chi connectivity index (χ1n) is 10.4. The molecule has 0 saturated carbocycles. The Labute approximate surface area is 202 Å². The number of nitrogens with one attached hydrogen (secondary N) is 1. The Kier molecular flexibility index (Phi) is 5.81. The van der Waals surface area contributed by atoms with E-state index in [9.17, 15) is 14.4 Å². The van der Waals surface area contributed by atoms with Crippen LogP contribution in [0.4, 0.5) is 5.69 Å². The van der Waals surface area contributed by atoms with Gasteiger partial charge in [-0.25, -0.2) is 9.78 Å². The molecule has 0 bridgehead atoms. The molecule has 1 aliphatic rings. The van der Waals surface area contributed by atoms with Crippen LogP contribution < -0.4 is 10.1 Å². The molecule has 0 radical (unpaired) electrons. The van der Waals surface area contributed by atoms with Crippen molar-refractivity contribution in [3.63, 3.8) is 0 Å². The summed E-state index contributed by atoms with van der Waals surface area (Å²) in [5, 5.41) is 3.29. The van der Waals surface area contributed by atoms with Crippen LogP contribution >= 0.6 is 15.9 Å². The lowest BCUT2D eigenvalue weighted by Crippen LogP contribution is -2.25. The quantitative estimate of drug-likeness (QED) is 0.295. The van der Waals surface area contributed by atoms with Gasteiger partial charge in [-0.1, -0.05) is 46.3 Å². The number of esters is 1. The van der Waals surface area contributed by atoms with Gasteiger partial charge < -0.3 is 14.8 Å². The Morgan fingerprint density at radius 3 is 2.74 bits per heavy atom. The van der Waals surface area contributed by atoms with E-state index in [4.69, 9.17) is 9.47 Å². The number of fused-ring (bicyclic) bond motifs is 2. The number of aromatic nitrogens is 1. The number of nitrogens with zero attached hydrogens (tertiary/aromatic N) is 1. The molecular formula is C26H17BrN2O5. The van der Waals surface area contributed by atoms with Crippen molar-refractivity contribution in [2.75, 3.05) is 18.5 Å². The first kappa shape index (κ1) is 21.8. The second-order valence-electron chi connectivity index (χ2n) is 7.63. The number of pyridine rings is 1. The highest BCUT2D eigenvalue weighted by atomic mass is 79.9. The lowest BCUT2D eigenvalue weighted by molar-refractivity contribution is -0.118. The second-order valence-corrected chi connectivity index (χ2v) is 8.55. The molecule has 8 heteroatoms. The number of ether oxygens (including phenoxy) is 2. The molecule has 0 saturated heterocycles. The molecule has 34 heavy (non-hydrogen) atoms. The third-order valence-corrected chi connectivity index (χ3v) is 5.82. The molecule has 1 aromatic heterocycles. The number of halogens is 1. The number of hydrogen-bond acceptors (Lipinski definition) is 6. The van der Waals surface area contributed by atoms with Crippen molar-refractivity contribution in [3.05, 3.63) is 88.4 Å². The van der Waals surface area contributed by atoms with Crippen LogP contribution in [0.3, 0.4) is 0 Å². The number of anilines is 1. The molecule has 3 aromatic carbocycles. The second kappa shape index (κ2) is 9.07. The lowest BCUT2D eigenvalue weighted by Gasteiger charge is -2.18. The SMILES string of the molecule is O=C1COc2ccc(C(=O)COC(=O)c3cc(-c4cccc(Br)c4)nc4ccccc34)cc2N1. The number of rotatable bonds is 5. The molecule has 0 spiro atoms. The van der Waals surface area contributed by atoms with Gasteiger partial charge in [0.15, 0.2) is 19.0 Å². The summed E-state index contributed by atoms with van der Waals surface area (Å²) in [6, 6.07) is 21.2. The van der Waals surface area contributed by atoms with Crippen molar-refractivity contribution in [1.29, 1.82) is 0 Å². The van der Waals surface area contributed by atoms with Gasteiger partial charge in [-0.3, -0.25) is 9.59 Å². The molecule has 1 N–H and O–H groups in total. The minimum absolute atomic E-state index is 0.0697. The smallest absolute Gasteiger partial charge is 0.339 e. The van der Waals surface area contributed by atoms with Crippen LogP contribution in [0.2, 0.25) is 0 Å². The van der Waals surface area contributed by atoms with E-state index in [0.717, 1.165) is 10.0 Å². The molecule has 2 heterocycles. The molecule has 0 aliphatic carbocycles. The summed E-state index contributed by atoms with van der Waals surface area (Å²) < 4.78 is 11.6. The minimum Gasteiger partial charge on any atom is -0.482 e. The van der Waals surface area contributed by atoms with E-state index in [1.54, 1.807) is 24.3 Å². The molecule has 7 nitrogen and oxygen atoms in total. The van der Waals surface area contributed by atoms with Crippen molar-refractivity contribution in [1.82, 2.24) is 4.98 Å². The fourth-order valence-electron chi connectivity index (χ4n) is 3.69. The predicted molar refractivity (Wildman–Crippen MR) is 130 cm³/mol. The number of hydrogen-bond donors (Lipinski definition) is 1. The normalized spacial score (nSPS) is 12.4. The summed E-state index contributed by atoms with van der Waals surface area (Å²) in [6.07, 6.45) is 0. The summed E-state index contributed by atoms with van der Waals surface area (Å²) in [5.41, 5.74) is 3.12. The highest BCUT2D eigenvalue weighted by molar-refractivity contribution is 9.10. The zero-order valence-corrected chi connectivity index (χ0v) is 19.3. The molecule has 0 unspecified atom stereocenters. The number of benzene rings is 3. The van der Waals surface area contributed by atoms with Crippen LogP contribution in [0.1, 0.15) is 20.7 Å².